The number of carbonyl (C=O) groups excluding carboxylic acids is 1. The van der Waals surface area contributed by atoms with Gasteiger partial charge >= 0.3 is 0 Å². The van der Waals surface area contributed by atoms with E-state index in [1.807, 2.05) is 24.3 Å². The molecule has 3 heterocycles. The van der Waals surface area contributed by atoms with Crippen LogP contribution in [0.1, 0.15) is 19.3 Å². The molecule has 0 aliphatic carbocycles. The molecule has 2 fully saturated rings. The Morgan fingerprint density at radius 2 is 2.18 bits per heavy atom. The van der Waals surface area contributed by atoms with Crippen LogP contribution in [0, 0.1) is 0 Å². The summed E-state index contributed by atoms with van der Waals surface area (Å²) in [6.45, 7) is 2.44. The second kappa shape index (κ2) is 5.95. The van der Waals surface area contributed by atoms with Gasteiger partial charge in [0.05, 0.1) is 16.8 Å². The summed E-state index contributed by atoms with van der Waals surface area (Å²) in [5, 5.41) is 7.28. The smallest absolute Gasteiger partial charge is 0.240 e. The van der Waals surface area contributed by atoms with Crippen LogP contribution in [0.3, 0.4) is 0 Å². The van der Waals surface area contributed by atoms with Crippen LogP contribution in [0.4, 0.5) is 5.13 Å². The van der Waals surface area contributed by atoms with Crippen molar-refractivity contribution < 1.29 is 4.79 Å². The zero-order chi connectivity index (χ0) is 14.9. The number of aromatic nitrogens is 1. The first-order valence-electron chi connectivity index (χ1n) is 7.90. The molecule has 1 aromatic carbocycles. The highest BCUT2D eigenvalue weighted by atomic mass is 32.1. The number of nitrogens with one attached hydrogen (secondary N) is 2. The van der Waals surface area contributed by atoms with Gasteiger partial charge in [0, 0.05) is 25.2 Å². The third-order valence-corrected chi connectivity index (χ3v) is 5.47. The van der Waals surface area contributed by atoms with E-state index in [-0.39, 0.29) is 5.91 Å². The second-order valence-corrected chi connectivity index (χ2v) is 7.23. The Morgan fingerprint density at radius 3 is 3.09 bits per heavy atom. The Kier molecular flexibility index (Phi) is 3.82. The van der Waals surface area contributed by atoms with Gasteiger partial charge in [0.2, 0.25) is 5.91 Å². The number of fused-ring (bicyclic) bond motifs is 3. The highest BCUT2D eigenvalue weighted by Gasteiger charge is 2.29. The predicted molar refractivity (Wildman–Crippen MR) is 89.3 cm³/mol. The van der Waals surface area contributed by atoms with Gasteiger partial charge in [0.15, 0.2) is 5.13 Å². The molecule has 2 bridgehead atoms. The van der Waals surface area contributed by atoms with Crippen molar-refractivity contribution in [2.45, 2.75) is 31.3 Å². The molecule has 0 saturated carbocycles. The van der Waals surface area contributed by atoms with Crippen LogP contribution in [0.15, 0.2) is 24.3 Å². The van der Waals surface area contributed by atoms with Crippen molar-refractivity contribution in [1.82, 2.24) is 15.2 Å². The van der Waals surface area contributed by atoms with Crippen LogP contribution in [0.5, 0.6) is 0 Å². The van der Waals surface area contributed by atoms with E-state index in [9.17, 15) is 4.79 Å². The maximum atomic E-state index is 12.3. The molecule has 2 aromatic rings. The number of thiazole rings is 1. The number of hydrogen-bond donors (Lipinski definition) is 2. The standard InChI is InChI=1S/C16H20N4OS/c21-15(10-20-8-7-11-5-6-12(9-20)17-11)19-16-18-13-3-1-2-4-14(13)22-16/h1-4,11-12,17H,5-10H2,(H,18,19,21). The lowest BCUT2D eigenvalue weighted by Crippen LogP contribution is -2.39. The van der Waals surface area contributed by atoms with Gasteiger partial charge in [-0.25, -0.2) is 4.98 Å². The van der Waals surface area contributed by atoms with Gasteiger partial charge in [0.25, 0.3) is 0 Å². The quantitative estimate of drug-likeness (QED) is 0.910. The molecular formula is C16H20N4OS. The highest BCUT2D eigenvalue weighted by molar-refractivity contribution is 7.22. The molecule has 1 aromatic heterocycles. The fourth-order valence-corrected chi connectivity index (χ4v) is 4.33. The monoisotopic (exact) mass is 316 g/mol. The van der Waals surface area contributed by atoms with Crippen molar-refractivity contribution in [3.05, 3.63) is 24.3 Å². The number of benzene rings is 1. The van der Waals surface area contributed by atoms with Gasteiger partial charge < -0.3 is 10.6 Å². The summed E-state index contributed by atoms with van der Waals surface area (Å²) in [6.07, 6.45) is 3.67. The molecule has 22 heavy (non-hydrogen) atoms. The number of nitrogens with zero attached hydrogens (tertiary/aromatic N) is 2. The summed E-state index contributed by atoms with van der Waals surface area (Å²) in [5.41, 5.74) is 0.944. The first-order chi connectivity index (χ1) is 10.8. The van der Waals surface area contributed by atoms with Crippen LogP contribution in [-0.4, -0.2) is 47.5 Å². The fourth-order valence-electron chi connectivity index (χ4n) is 3.45. The summed E-state index contributed by atoms with van der Waals surface area (Å²) in [4.78, 5) is 19.0. The zero-order valence-corrected chi connectivity index (χ0v) is 13.2. The van der Waals surface area contributed by atoms with E-state index in [1.54, 1.807) is 0 Å². The van der Waals surface area contributed by atoms with E-state index in [1.165, 1.54) is 24.2 Å². The Bertz CT molecular complexity index is 653. The Balaban J connectivity index is 1.37. The number of amides is 1. The molecule has 6 heteroatoms. The highest BCUT2D eigenvalue weighted by Crippen LogP contribution is 2.25. The first kappa shape index (κ1) is 14.1. The van der Waals surface area contributed by atoms with Gasteiger partial charge in [-0.1, -0.05) is 23.5 Å². The molecule has 1 amide bonds. The Morgan fingerprint density at radius 1 is 1.32 bits per heavy atom. The van der Waals surface area contributed by atoms with E-state index < -0.39 is 0 Å². The molecule has 2 aliphatic rings. The number of hydrogen-bond acceptors (Lipinski definition) is 5. The van der Waals surface area contributed by atoms with Crippen LogP contribution >= 0.6 is 11.3 Å². The zero-order valence-electron chi connectivity index (χ0n) is 12.4. The van der Waals surface area contributed by atoms with Crippen molar-refractivity contribution in [3.63, 3.8) is 0 Å². The topological polar surface area (TPSA) is 57.3 Å². The Labute approximate surface area is 133 Å². The van der Waals surface area contributed by atoms with Gasteiger partial charge in [-0.2, -0.15) is 0 Å². The summed E-state index contributed by atoms with van der Waals surface area (Å²) in [7, 11) is 0. The minimum absolute atomic E-state index is 0.0387. The molecular weight excluding hydrogens is 296 g/mol. The molecule has 2 aliphatic heterocycles. The molecule has 0 spiro atoms. The van der Waals surface area contributed by atoms with Crippen LogP contribution in [-0.2, 0) is 4.79 Å². The fraction of sp³-hybridized carbons (Fsp3) is 0.500. The van der Waals surface area contributed by atoms with Gasteiger partial charge in [-0.05, 0) is 31.4 Å². The summed E-state index contributed by atoms with van der Waals surface area (Å²) >= 11 is 1.53. The van der Waals surface area contributed by atoms with Gasteiger partial charge in [0.1, 0.15) is 0 Å². The number of carbonyl (C=O) groups is 1. The number of likely N-dealkylation sites (tertiary alicyclic amines) is 1. The van der Waals surface area contributed by atoms with Crippen LogP contribution in [0.2, 0.25) is 0 Å². The van der Waals surface area contributed by atoms with E-state index in [4.69, 9.17) is 0 Å². The molecule has 2 unspecified atom stereocenters. The van der Waals surface area contributed by atoms with E-state index in [2.05, 4.69) is 20.5 Å². The number of para-hydroxylation sites is 1. The van der Waals surface area contributed by atoms with E-state index in [0.717, 1.165) is 29.7 Å². The molecule has 116 valence electrons. The van der Waals surface area contributed by atoms with Gasteiger partial charge in [-0.15, -0.1) is 0 Å². The third-order valence-electron chi connectivity index (χ3n) is 4.51. The average molecular weight is 316 g/mol. The van der Waals surface area contributed by atoms with Crippen LogP contribution < -0.4 is 10.6 Å². The van der Waals surface area contributed by atoms with Crippen molar-refractivity contribution in [2.75, 3.05) is 25.0 Å². The molecule has 2 saturated heterocycles. The van der Waals surface area contributed by atoms with Gasteiger partial charge in [-0.3, -0.25) is 9.69 Å². The maximum Gasteiger partial charge on any atom is 0.240 e. The minimum Gasteiger partial charge on any atom is -0.310 e. The molecule has 4 rings (SSSR count). The van der Waals surface area contributed by atoms with Crippen molar-refractivity contribution >= 4 is 32.6 Å². The van der Waals surface area contributed by atoms with Crippen molar-refractivity contribution in [2.24, 2.45) is 0 Å². The summed E-state index contributed by atoms with van der Waals surface area (Å²) in [6, 6.07) is 9.17. The summed E-state index contributed by atoms with van der Waals surface area (Å²) < 4.78 is 1.11. The molecule has 2 atom stereocenters. The summed E-state index contributed by atoms with van der Waals surface area (Å²) in [5.74, 6) is 0.0387. The third kappa shape index (κ3) is 2.99. The molecule has 2 N–H and O–H groups in total. The number of rotatable bonds is 3. The maximum absolute atomic E-state index is 12.3. The van der Waals surface area contributed by atoms with E-state index in [0.29, 0.717) is 23.8 Å². The normalized spacial score (nSPS) is 25.3. The Hall–Kier alpha value is -1.50. The van der Waals surface area contributed by atoms with E-state index >= 15 is 0 Å². The molecule has 0 radical (unpaired) electrons. The largest absolute Gasteiger partial charge is 0.310 e. The van der Waals surface area contributed by atoms with Crippen molar-refractivity contribution in [1.29, 1.82) is 0 Å². The lowest BCUT2D eigenvalue weighted by atomic mass is 10.1. The van der Waals surface area contributed by atoms with Crippen molar-refractivity contribution in [3.8, 4) is 0 Å². The first-order valence-corrected chi connectivity index (χ1v) is 8.72. The average Bonchev–Trinajstić information content (AvgIpc) is 3.04. The lowest BCUT2D eigenvalue weighted by molar-refractivity contribution is -0.117. The SMILES string of the molecule is O=C(CN1CCC2CCC(C1)N2)Nc1nc2ccccc2s1. The number of anilines is 1. The minimum atomic E-state index is 0.0387. The predicted octanol–water partition coefficient (Wildman–Crippen LogP) is 2.06. The van der Waals surface area contributed by atoms with Crippen LogP contribution in [0.25, 0.3) is 10.2 Å². The lowest BCUT2D eigenvalue weighted by Gasteiger charge is -2.22. The molecule has 5 nitrogen and oxygen atoms in total. The second-order valence-electron chi connectivity index (χ2n) is 6.20.